The molecule has 0 bridgehead atoms. The Labute approximate surface area is 103 Å². The van der Waals surface area contributed by atoms with E-state index in [0.29, 0.717) is 17.3 Å². The van der Waals surface area contributed by atoms with E-state index in [1.165, 1.54) is 0 Å². The van der Waals surface area contributed by atoms with E-state index >= 15 is 0 Å². The van der Waals surface area contributed by atoms with Crippen molar-refractivity contribution in [1.29, 1.82) is 0 Å². The van der Waals surface area contributed by atoms with Gasteiger partial charge in [0.05, 0.1) is 4.99 Å². The molecule has 16 heavy (non-hydrogen) atoms. The molecule has 0 aromatic carbocycles. The maximum absolute atomic E-state index is 10.7. The van der Waals surface area contributed by atoms with Crippen LogP contribution in [0, 0.1) is 11.8 Å². The Hall–Kier alpha value is -0.840. The summed E-state index contributed by atoms with van der Waals surface area (Å²) >= 11 is 5.02. The molecule has 0 heterocycles. The fourth-order valence-electron chi connectivity index (χ4n) is 1.78. The first-order valence-corrected chi connectivity index (χ1v) is 5.82. The van der Waals surface area contributed by atoms with Gasteiger partial charge in [0, 0.05) is 5.92 Å². The molecule has 0 fully saturated rings. The van der Waals surface area contributed by atoms with E-state index in [1.807, 2.05) is 13.8 Å². The van der Waals surface area contributed by atoms with Gasteiger partial charge in [0.15, 0.2) is 0 Å². The SMILES string of the molecule is CC(C)C[C@@H](CC(C)(C)OC(N)=O)C(N)=S. The molecule has 0 aromatic rings. The Morgan fingerprint density at radius 3 is 2.19 bits per heavy atom. The maximum Gasteiger partial charge on any atom is 0.405 e. The van der Waals surface area contributed by atoms with Crippen LogP contribution in [0.5, 0.6) is 0 Å². The van der Waals surface area contributed by atoms with Gasteiger partial charge in [-0.2, -0.15) is 0 Å². The van der Waals surface area contributed by atoms with Crippen LogP contribution in [0.4, 0.5) is 4.79 Å². The molecule has 0 aromatic heterocycles. The highest BCUT2D eigenvalue weighted by atomic mass is 32.1. The Bertz CT molecular complexity index is 265. The van der Waals surface area contributed by atoms with E-state index in [0.717, 1.165) is 6.42 Å². The molecule has 1 amide bonds. The van der Waals surface area contributed by atoms with Crippen LogP contribution < -0.4 is 11.5 Å². The van der Waals surface area contributed by atoms with Crippen LogP contribution in [0.3, 0.4) is 0 Å². The Morgan fingerprint density at radius 2 is 1.88 bits per heavy atom. The number of carbonyl (C=O) groups is 1. The summed E-state index contributed by atoms with van der Waals surface area (Å²) in [5.74, 6) is 0.570. The van der Waals surface area contributed by atoms with Gasteiger partial charge in [0.1, 0.15) is 5.60 Å². The third-order valence-corrected chi connectivity index (χ3v) is 2.61. The summed E-state index contributed by atoms with van der Waals surface area (Å²) < 4.78 is 5.02. The monoisotopic (exact) mass is 246 g/mol. The molecule has 0 aliphatic heterocycles. The summed E-state index contributed by atoms with van der Waals surface area (Å²) in [5.41, 5.74) is 10.1. The van der Waals surface area contributed by atoms with Gasteiger partial charge in [-0.1, -0.05) is 26.1 Å². The number of nitrogens with two attached hydrogens (primary N) is 2. The van der Waals surface area contributed by atoms with Crippen molar-refractivity contribution in [3.05, 3.63) is 0 Å². The first kappa shape index (κ1) is 15.2. The van der Waals surface area contributed by atoms with Gasteiger partial charge in [-0.15, -0.1) is 0 Å². The van der Waals surface area contributed by atoms with E-state index < -0.39 is 11.7 Å². The molecule has 1 atom stereocenters. The van der Waals surface area contributed by atoms with Crippen molar-refractivity contribution < 1.29 is 9.53 Å². The fourth-order valence-corrected chi connectivity index (χ4v) is 1.96. The molecular formula is C11H22N2O2S. The predicted octanol–water partition coefficient (Wildman–Crippen LogP) is 2.20. The zero-order valence-electron chi connectivity index (χ0n) is 10.4. The first-order chi connectivity index (χ1) is 7.14. The van der Waals surface area contributed by atoms with Gasteiger partial charge in [0.25, 0.3) is 0 Å². The van der Waals surface area contributed by atoms with Gasteiger partial charge in [-0.05, 0) is 32.6 Å². The predicted molar refractivity (Wildman–Crippen MR) is 69.1 cm³/mol. The lowest BCUT2D eigenvalue weighted by atomic mass is 9.87. The minimum Gasteiger partial charge on any atom is -0.444 e. The Morgan fingerprint density at radius 1 is 1.38 bits per heavy atom. The lowest BCUT2D eigenvalue weighted by Crippen LogP contribution is -2.36. The van der Waals surface area contributed by atoms with Crippen LogP contribution in [0.25, 0.3) is 0 Å². The number of amides is 1. The molecule has 5 heteroatoms. The highest BCUT2D eigenvalue weighted by Crippen LogP contribution is 2.25. The Balaban J connectivity index is 4.49. The molecule has 0 radical (unpaired) electrons. The van der Waals surface area contributed by atoms with Crippen LogP contribution in [0.2, 0.25) is 0 Å². The van der Waals surface area contributed by atoms with E-state index in [4.69, 9.17) is 28.4 Å². The molecule has 0 saturated heterocycles. The molecule has 4 nitrogen and oxygen atoms in total. The van der Waals surface area contributed by atoms with Crippen molar-refractivity contribution in [1.82, 2.24) is 0 Å². The number of hydrogen-bond donors (Lipinski definition) is 2. The van der Waals surface area contributed by atoms with Crippen molar-refractivity contribution >= 4 is 23.3 Å². The molecule has 0 aliphatic rings. The van der Waals surface area contributed by atoms with Crippen molar-refractivity contribution in [2.45, 2.75) is 46.1 Å². The minimum atomic E-state index is -0.767. The first-order valence-electron chi connectivity index (χ1n) is 5.42. The van der Waals surface area contributed by atoms with Crippen LogP contribution in [0.15, 0.2) is 0 Å². The second kappa shape index (κ2) is 6.03. The van der Waals surface area contributed by atoms with Crippen molar-refractivity contribution in [3.63, 3.8) is 0 Å². The molecule has 4 N–H and O–H groups in total. The normalized spacial score (nSPS) is 13.6. The highest BCUT2D eigenvalue weighted by molar-refractivity contribution is 7.80. The largest absolute Gasteiger partial charge is 0.444 e. The standard InChI is InChI=1S/C11H22N2O2S/c1-7(2)5-8(9(12)16)6-11(3,4)15-10(13)14/h7-8H,5-6H2,1-4H3,(H2,12,16)(H2,13,14)/t8-/m0/s1. The summed E-state index contributed by atoms with van der Waals surface area (Å²) in [6.07, 6.45) is 0.723. The minimum absolute atomic E-state index is 0.0735. The summed E-state index contributed by atoms with van der Waals surface area (Å²) in [7, 11) is 0. The lowest BCUT2D eigenvalue weighted by Gasteiger charge is -2.29. The average molecular weight is 246 g/mol. The molecule has 0 spiro atoms. The smallest absolute Gasteiger partial charge is 0.405 e. The lowest BCUT2D eigenvalue weighted by molar-refractivity contribution is 0.0311. The van der Waals surface area contributed by atoms with Crippen molar-refractivity contribution in [2.24, 2.45) is 23.3 Å². The van der Waals surface area contributed by atoms with E-state index in [1.54, 1.807) is 0 Å². The van der Waals surface area contributed by atoms with Crippen LogP contribution in [0.1, 0.15) is 40.5 Å². The Kier molecular flexibility index (Phi) is 5.72. The maximum atomic E-state index is 10.7. The van der Waals surface area contributed by atoms with Gasteiger partial charge < -0.3 is 16.2 Å². The summed E-state index contributed by atoms with van der Waals surface area (Å²) in [6, 6.07) is 0. The second-order valence-electron chi connectivity index (χ2n) is 5.11. The number of thiocarbonyl (C=S) groups is 1. The fraction of sp³-hybridized carbons (Fsp3) is 0.818. The topological polar surface area (TPSA) is 78.3 Å². The zero-order chi connectivity index (χ0) is 12.9. The number of primary amides is 1. The van der Waals surface area contributed by atoms with Crippen molar-refractivity contribution in [2.75, 3.05) is 0 Å². The summed E-state index contributed by atoms with van der Waals surface area (Å²) in [4.78, 5) is 11.2. The summed E-state index contributed by atoms with van der Waals surface area (Å²) in [6.45, 7) is 7.83. The molecule has 0 aliphatic carbocycles. The van der Waals surface area contributed by atoms with E-state index in [2.05, 4.69) is 13.8 Å². The molecule has 94 valence electrons. The number of ether oxygens (including phenoxy) is 1. The van der Waals surface area contributed by atoms with Gasteiger partial charge >= 0.3 is 6.09 Å². The summed E-state index contributed by atoms with van der Waals surface area (Å²) in [5, 5.41) is 0. The second-order valence-corrected chi connectivity index (χ2v) is 5.59. The van der Waals surface area contributed by atoms with Gasteiger partial charge in [-0.25, -0.2) is 4.79 Å². The quantitative estimate of drug-likeness (QED) is 0.704. The highest BCUT2D eigenvalue weighted by Gasteiger charge is 2.28. The molecule has 0 unspecified atom stereocenters. The van der Waals surface area contributed by atoms with E-state index in [-0.39, 0.29) is 5.92 Å². The van der Waals surface area contributed by atoms with Crippen LogP contribution >= 0.6 is 12.2 Å². The van der Waals surface area contributed by atoms with Crippen LogP contribution in [-0.2, 0) is 4.74 Å². The number of carbonyl (C=O) groups excluding carboxylic acids is 1. The number of rotatable bonds is 6. The molecular weight excluding hydrogens is 224 g/mol. The number of hydrogen-bond acceptors (Lipinski definition) is 3. The average Bonchev–Trinajstić information content (AvgIpc) is 1.98. The zero-order valence-corrected chi connectivity index (χ0v) is 11.3. The van der Waals surface area contributed by atoms with E-state index in [9.17, 15) is 4.79 Å². The van der Waals surface area contributed by atoms with Crippen LogP contribution in [-0.4, -0.2) is 16.7 Å². The van der Waals surface area contributed by atoms with Gasteiger partial charge in [0.2, 0.25) is 0 Å². The van der Waals surface area contributed by atoms with Crippen molar-refractivity contribution in [3.8, 4) is 0 Å². The third-order valence-electron chi connectivity index (χ3n) is 2.27. The molecule has 0 rings (SSSR count). The third kappa shape index (κ3) is 6.61. The molecule has 0 saturated carbocycles. The van der Waals surface area contributed by atoms with Gasteiger partial charge in [-0.3, -0.25) is 0 Å².